The first-order valence-electron chi connectivity index (χ1n) is 6.33. The summed E-state index contributed by atoms with van der Waals surface area (Å²) in [5, 5.41) is 4.99. The van der Waals surface area contributed by atoms with Crippen LogP contribution in [0.4, 0.5) is 5.82 Å². The molecule has 2 aromatic rings. The molecule has 0 aliphatic carbocycles. The van der Waals surface area contributed by atoms with Crippen LogP contribution in [0.25, 0.3) is 11.1 Å². The van der Waals surface area contributed by atoms with E-state index in [-0.39, 0.29) is 0 Å². The van der Waals surface area contributed by atoms with Gasteiger partial charge in [-0.25, -0.2) is 0 Å². The van der Waals surface area contributed by atoms with Gasteiger partial charge in [0.25, 0.3) is 0 Å². The zero-order valence-electron chi connectivity index (χ0n) is 10.7. The van der Waals surface area contributed by atoms with Crippen LogP contribution in [0, 0.1) is 0 Å². The maximum atomic E-state index is 6.22. The van der Waals surface area contributed by atoms with E-state index >= 15 is 0 Å². The molecular formula is C14H16Cl2N2O. The van der Waals surface area contributed by atoms with Crippen molar-refractivity contribution in [3.05, 3.63) is 34.0 Å². The molecule has 0 saturated heterocycles. The Morgan fingerprint density at radius 1 is 1.26 bits per heavy atom. The highest BCUT2D eigenvalue weighted by Gasteiger charge is 2.18. The number of nitrogens with two attached hydrogens (primary N) is 1. The Hall–Kier alpha value is -1.19. The number of aromatic nitrogens is 1. The van der Waals surface area contributed by atoms with Crippen molar-refractivity contribution in [3.63, 3.8) is 0 Å². The molecule has 0 radical (unpaired) electrons. The number of unbranched alkanes of at least 4 members (excludes halogenated alkanes) is 2. The predicted octanol–water partition coefficient (Wildman–Crippen LogP) is 4.96. The molecule has 1 aromatic carbocycles. The van der Waals surface area contributed by atoms with Crippen molar-refractivity contribution in [1.82, 2.24) is 5.16 Å². The van der Waals surface area contributed by atoms with Crippen LogP contribution in [0.2, 0.25) is 10.0 Å². The second-order valence-corrected chi connectivity index (χ2v) is 5.29. The molecule has 5 heteroatoms. The van der Waals surface area contributed by atoms with E-state index in [9.17, 15) is 0 Å². The van der Waals surface area contributed by atoms with Crippen LogP contribution in [0.5, 0.6) is 0 Å². The van der Waals surface area contributed by atoms with Crippen LogP contribution in [-0.2, 0) is 6.42 Å². The number of nitrogens with zero attached hydrogens (tertiary/aromatic N) is 1. The lowest BCUT2D eigenvalue weighted by Crippen LogP contribution is -1.92. The van der Waals surface area contributed by atoms with Crippen molar-refractivity contribution in [3.8, 4) is 11.1 Å². The number of hydrogen-bond donors (Lipinski definition) is 1. The third-order valence-electron chi connectivity index (χ3n) is 3.00. The average molecular weight is 299 g/mol. The van der Waals surface area contributed by atoms with E-state index in [0.29, 0.717) is 15.9 Å². The average Bonchev–Trinajstić information content (AvgIpc) is 2.72. The molecule has 1 heterocycles. The second-order valence-electron chi connectivity index (χ2n) is 4.45. The van der Waals surface area contributed by atoms with Gasteiger partial charge in [0.1, 0.15) is 5.76 Å². The van der Waals surface area contributed by atoms with E-state index < -0.39 is 0 Å². The van der Waals surface area contributed by atoms with Crippen LogP contribution in [0.3, 0.4) is 0 Å². The predicted molar refractivity (Wildman–Crippen MR) is 79.6 cm³/mol. The minimum absolute atomic E-state index is 0.371. The first-order valence-corrected chi connectivity index (χ1v) is 7.08. The minimum Gasteiger partial charge on any atom is -0.380 e. The van der Waals surface area contributed by atoms with Crippen molar-refractivity contribution in [2.75, 3.05) is 5.73 Å². The van der Waals surface area contributed by atoms with Gasteiger partial charge in [-0.05, 0) is 18.6 Å². The number of halogens is 2. The van der Waals surface area contributed by atoms with E-state index in [1.165, 1.54) is 0 Å². The van der Waals surface area contributed by atoms with E-state index in [1.54, 1.807) is 12.1 Å². The summed E-state index contributed by atoms with van der Waals surface area (Å²) in [5.74, 6) is 1.16. The molecule has 102 valence electrons. The fraction of sp³-hybridized carbons (Fsp3) is 0.357. The Labute approximate surface area is 122 Å². The quantitative estimate of drug-likeness (QED) is 0.793. The lowest BCUT2D eigenvalue weighted by molar-refractivity contribution is 0.382. The summed E-state index contributed by atoms with van der Waals surface area (Å²) in [4.78, 5) is 0. The largest absolute Gasteiger partial charge is 0.380 e. The van der Waals surface area contributed by atoms with Crippen LogP contribution in [-0.4, -0.2) is 5.16 Å². The zero-order valence-corrected chi connectivity index (χ0v) is 12.3. The maximum absolute atomic E-state index is 6.22. The molecule has 0 unspecified atom stereocenters. The highest BCUT2D eigenvalue weighted by atomic mass is 35.5. The summed E-state index contributed by atoms with van der Waals surface area (Å²) in [6.07, 6.45) is 4.16. The molecule has 0 aliphatic heterocycles. The molecule has 1 aromatic heterocycles. The van der Waals surface area contributed by atoms with Gasteiger partial charge in [-0.2, -0.15) is 0 Å². The number of rotatable bonds is 5. The van der Waals surface area contributed by atoms with E-state index in [2.05, 4.69) is 12.1 Å². The van der Waals surface area contributed by atoms with Gasteiger partial charge in [0.2, 0.25) is 0 Å². The van der Waals surface area contributed by atoms with Crippen LogP contribution < -0.4 is 5.73 Å². The van der Waals surface area contributed by atoms with Gasteiger partial charge >= 0.3 is 0 Å². The number of nitrogen functional groups attached to an aromatic ring is 1. The summed E-state index contributed by atoms with van der Waals surface area (Å²) < 4.78 is 5.32. The topological polar surface area (TPSA) is 52.0 Å². The number of anilines is 1. The highest BCUT2D eigenvalue weighted by Crippen LogP contribution is 2.36. The van der Waals surface area contributed by atoms with Crippen LogP contribution in [0.15, 0.2) is 22.7 Å². The first-order chi connectivity index (χ1) is 9.13. The normalized spacial score (nSPS) is 10.9. The number of hydrogen-bond acceptors (Lipinski definition) is 3. The Balaban J connectivity index is 2.35. The van der Waals surface area contributed by atoms with Gasteiger partial charge in [-0.1, -0.05) is 54.2 Å². The molecule has 3 nitrogen and oxygen atoms in total. The highest BCUT2D eigenvalue weighted by molar-refractivity contribution is 6.36. The number of benzene rings is 1. The zero-order chi connectivity index (χ0) is 13.8. The summed E-state index contributed by atoms with van der Waals surface area (Å²) >= 11 is 12.1. The van der Waals surface area contributed by atoms with Gasteiger partial charge in [0.15, 0.2) is 5.82 Å². The molecule has 0 saturated carbocycles. The smallest absolute Gasteiger partial charge is 0.175 e. The number of aryl methyl sites for hydroxylation is 1. The van der Waals surface area contributed by atoms with Crippen molar-refractivity contribution < 1.29 is 4.52 Å². The first kappa shape index (κ1) is 14.2. The van der Waals surface area contributed by atoms with Gasteiger partial charge in [0, 0.05) is 17.0 Å². The summed E-state index contributed by atoms with van der Waals surface area (Å²) in [6, 6.07) is 5.32. The summed E-state index contributed by atoms with van der Waals surface area (Å²) in [6.45, 7) is 2.16. The van der Waals surface area contributed by atoms with Crippen molar-refractivity contribution >= 4 is 29.0 Å². The van der Waals surface area contributed by atoms with Gasteiger partial charge in [0.05, 0.1) is 10.6 Å². The third-order valence-corrected chi connectivity index (χ3v) is 3.54. The van der Waals surface area contributed by atoms with Gasteiger partial charge in [-0.15, -0.1) is 0 Å². The van der Waals surface area contributed by atoms with E-state index in [1.807, 2.05) is 6.07 Å². The van der Waals surface area contributed by atoms with E-state index in [4.69, 9.17) is 33.5 Å². The fourth-order valence-corrected chi connectivity index (χ4v) is 2.53. The monoisotopic (exact) mass is 298 g/mol. The Bertz CT molecular complexity index is 567. The van der Waals surface area contributed by atoms with Crippen molar-refractivity contribution in [1.29, 1.82) is 0 Å². The molecule has 2 N–H and O–H groups in total. The molecule has 0 aliphatic rings. The Morgan fingerprint density at radius 2 is 2.05 bits per heavy atom. The molecular weight excluding hydrogens is 283 g/mol. The standard InChI is InChI=1S/C14H16Cl2N2O/c1-2-3-4-5-12-13(14(17)18-19-12)10-7-6-9(15)8-11(10)16/h6-8H,2-5H2,1H3,(H2,17,18). The SMILES string of the molecule is CCCCCc1onc(N)c1-c1ccc(Cl)cc1Cl. The summed E-state index contributed by atoms with van der Waals surface area (Å²) in [7, 11) is 0. The summed E-state index contributed by atoms with van der Waals surface area (Å²) in [5.41, 5.74) is 7.49. The maximum Gasteiger partial charge on any atom is 0.175 e. The molecule has 0 atom stereocenters. The Kier molecular flexibility index (Phi) is 4.72. The lowest BCUT2D eigenvalue weighted by atomic mass is 10.0. The second kappa shape index (κ2) is 6.31. The fourth-order valence-electron chi connectivity index (χ4n) is 2.03. The van der Waals surface area contributed by atoms with Gasteiger partial charge < -0.3 is 10.3 Å². The van der Waals surface area contributed by atoms with E-state index in [0.717, 1.165) is 42.6 Å². The lowest BCUT2D eigenvalue weighted by Gasteiger charge is -2.05. The molecule has 0 amide bonds. The Morgan fingerprint density at radius 3 is 2.74 bits per heavy atom. The molecule has 0 fully saturated rings. The molecule has 2 rings (SSSR count). The van der Waals surface area contributed by atoms with Crippen LogP contribution >= 0.6 is 23.2 Å². The van der Waals surface area contributed by atoms with Crippen molar-refractivity contribution in [2.24, 2.45) is 0 Å². The minimum atomic E-state index is 0.371. The van der Waals surface area contributed by atoms with Gasteiger partial charge in [-0.3, -0.25) is 0 Å². The molecule has 0 bridgehead atoms. The molecule has 0 spiro atoms. The van der Waals surface area contributed by atoms with Crippen LogP contribution in [0.1, 0.15) is 31.9 Å². The van der Waals surface area contributed by atoms with Crippen molar-refractivity contribution in [2.45, 2.75) is 32.6 Å². The third kappa shape index (κ3) is 3.23. The molecule has 19 heavy (non-hydrogen) atoms.